The second-order valence-corrected chi connectivity index (χ2v) is 9.53. The monoisotopic (exact) mass is 394 g/mol. The summed E-state index contributed by atoms with van der Waals surface area (Å²) in [7, 11) is -1.85. The van der Waals surface area contributed by atoms with E-state index in [1.807, 2.05) is 17.0 Å². The molecule has 27 heavy (non-hydrogen) atoms. The molecule has 0 N–H and O–H groups in total. The lowest BCUT2D eigenvalue weighted by Gasteiger charge is -2.25. The zero-order chi connectivity index (χ0) is 19.3. The summed E-state index contributed by atoms with van der Waals surface area (Å²) >= 11 is 0. The van der Waals surface area contributed by atoms with Crippen molar-refractivity contribution in [2.24, 2.45) is 0 Å². The molecule has 0 aliphatic carbocycles. The molecule has 1 aromatic rings. The quantitative estimate of drug-likeness (QED) is 0.679. The fraction of sp³-hybridized carbons (Fsp3) is 0.650. The highest BCUT2D eigenvalue weighted by Crippen LogP contribution is 2.20. The highest BCUT2D eigenvalue weighted by atomic mass is 32.2. The van der Waals surface area contributed by atoms with Crippen LogP contribution in [0.4, 0.5) is 0 Å². The van der Waals surface area contributed by atoms with Crippen LogP contribution < -0.4 is 0 Å². The fourth-order valence-corrected chi connectivity index (χ4v) is 4.88. The van der Waals surface area contributed by atoms with Gasteiger partial charge in [0.15, 0.2) is 0 Å². The Morgan fingerprint density at radius 3 is 2.59 bits per heavy atom. The van der Waals surface area contributed by atoms with Gasteiger partial charge in [-0.1, -0.05) is 12.1 Å². The fourth-order valence-electron chi connectivity index (χ4n) is 3.69. The molecule has 6 nitrogen and oxygen atoms in total. The summed E-state index contributed by atoms with van der Waals surface area (Å²) < 4.78 is 32.6. The molecule has 1 atom stereocenters. The molecular formula is C20H30N2O4S. The number of carbonyl (C=O) groups is 1. The normalized spacial score (nSPS) is 21.2. The molecule has 1 aromatic carbocycles. The van der Waals surface area contributed by atoms with Crippen LogP contribution >= 0.6 is 0 Å². The Hall–Kier alpha value is -1.44. The maximum Gasteiger partial charge on any atom is 0.242 e. The van der Waals surface area contributed by atoms with E-state index in [2.05, 4.69) is 0 Å². The number of amides is 1. The van der Waals surface area contributed by atoms with Crippen LogP contribution in [0.2, 0.25) is 0 Å². The zero-order valence-electron chi connectivity index (χ0n) is 16.1. The Morgan fingerprint density at radius 2 is 1.96 bits per heavy atom. The van der Waals surface area contributed by atoms with Gasteiger partial charge < -0.3 is 9.64 Å². The van der Waals surface area contributed by atoms with E-state index in [9.17, 15) is 13.2 Å². The molecule has 3 rings (SSSR count). The molecular weight excluding hydrogens is 364 g/mol. The van der Waals surface area contributed by atoms with Gasteiger partial charge in [0, 0.05) is 39.7 Å². The minimum Gasteiger partial charge on any atom is -0.378 e. The number of ether oxygens (including phenoxy) is 1. The van der Waals surface area contributed by atoms with Crippen LogP contribution in [0, 0.1) is 0 Å². The largest absolute Gasteiger partial charge is 0.378 e. The number of likely N-dealkylation sites (tertiary alicyclic amines) is 1. The Kier molecular flexibility index (Phi) is 6.89. The number of rotatable bonds is 8. The van der Waals surface area contributed by atoms with E-state index in [0.717, 1.165) is 57.2 Å². The number of benzene rings is 1. The third kappa shape index (κ3) is 5.30. The third-order valence-electron chi connectivity index (χ3n) is 5.51. The molecule has 0 radical (unpaired) electrons. The van der Waals surface area contributed by atoms with E-state index in [0.29, 0.717) is 24.4 Å². The maximum atomic E-state index is 12.8. The molecule has 1 amide bonds. The van der Waals surface area contributed by atoms with E-state index in [1.54, 1.807) is 19.2 Å². The van der Waals surface area contributed by atoms with Crippen molar-refractivity contribution < 1.29 is 17.9 Å². The summed E-state index contributed by atoms with van der Waals surface area (Å²) in [6, 6.07) is 7.05. The molecule has 2 fully saturated rings. The smallest absolute Gasteiger partial charge is 0.242 e. The minimum absolute atomic E-state index is 0.173. The maximum absolute atomic E-state index is 12.8. The van der Waals surface area contributed by atoms with Gasteiger partial charge >= 0.3 is 0 Å². The lowest BCUT2D eigenvalue weighted by atomic mass is 10.1. The molecule has 2 heterocycles. The lowest BCUT2D eigenvalue weighted by Crippen LogP contribution is -2.31. The van der Waals surface area contributed by atoms with Gasteiger partial charge in [-0.3, -0.25) is 4.79 Å². The van der Waals surface area contributed by atoms with E-state index in [1.165, 1.54) is 4.31 Å². The van der Waals surface area contributed by atoms with Crippen LogP contribution in [-0.2, 0) is 26.0 Å². The van der Waals surface area contributed by atoms with Crippen molar-refractivity contribution in [1.82, 2.24) is 9.21 Å². The van der Waals surface area contributed by atoms with E-state index in [4.69, 9.17) is 4.74 Å². The molecule has 2 aliphatic rings. The first-order valence-electron chi connectivity index (χ1n) is 9.91. The minimum atomic E-state index is -3.48. The molecule has 7 heteroatoms. The summed E-state index contributed by atoms with van der Waals surface area (Å²) in [4.78, 5) is 13.9. The number of hydrogen-bond acceptors (Lipinski definition) is 4. The predicted molar refractivity (Wildman–Crippen MR) is 104 cm³/mol. The average molecular weight is 395 g/mol. The van der Waals surface area contributed by atoms with Crippen LogP contribution in [0.15, 0.2) is 29.2 Å². The topological polar surface area (TPSA) is 66.9 Å². The second kappa shape index (κ2) is 9.17. The first-order valence-corrected chi connectivity index (χ1v) is 11.4. The van der Waals surface area contributed by atoms with E-state index >= 15 is 0 Å². The highest BCUT2D eigenvalue weighted by molar-refractivity contribution is 7.89. The molecule has 2 saturated heterocycles. The number of sulfonamides is 1. The molecule has 0 aromatic heterocycles. The lowest BCUT2D eigenvalue weighted by molar-refractivity contribution is -0.127. The van der Waals surface area contributed by atoms with Gasteiger partial charge in [0.2, 0.25) is 15.9 Å². The summed E-state index contributed by atoms with van der Waals surface area (Å²) in [6.45, 7) is 2.78. The summed E-state index contributed by atoms with van der Waals surface area (Å²) in [5.41, 5.74) is 1.05. The van der Waals surface area contributed by atoms with Gasteiger partial charge in [-0.15, -0.1) is 0 Å². The third-order valence-corrected chi connectivity index (χ3v) is 7.38. The summed E-state index contributed by atoms with van der Waals surface area (Å²) in [6.07, 6.45) is 6.52. The summed E-state index contributed by atoms with van der Waals surface area (Å²) in [5, 5.41) is 0. The highest BCUT2D eigenvalue weighted by Gasteiger charge is 2.23. The van der Waals surface area contributed by atoms with Crippen LogP contribution in [0.1, 0.15) is 44.1 Å². The summed E-state index contributed by atoms with van der Waals surface area (Å²) in [5.74, 6) is 0.220. The molecule has 1 unspecified atom stereocenters. The van der Waals surface area contributed by atoms with Gasteiger partial charge in [-0.2, -0.15) is 0 Å². The Morgan fingerprint density at radius 1 is 1.19 bits per heavy atom. The van der Waals surface area contributed by atoms with Crippen molar-refractivity contribution in [3.8, 4) is 0 Å². The first-order chi connectivity index (χ1) is 13.0. The molecule has 2 aliphatic heterocycles. The molecule has 150 valence electrons. The van der Waals surface area contributed by atoms with Gasteiger partial charge in [0.1, 0.15) is 0 Å². The molecule has 0 saturated carbocycles. The predicted octanol–water partition coefficient (Wildman–Crippen LogP) is 2.43. The zero-order valence-corrected chi connectivity index (χ0v) is 16.9. The average Bonchev–Trinajstić information content (AvgIpc) is 3.10. The van der Waals surface area contributed by atoms with Crippen molar-refractivity contribution in [1.29, 1.82) is 0 Å². The number of carbonyl (C=O) groups excluding carboxylic acids is 1. The van der Waals surface area contributed by atoms with Gasteiger partial charge in [-0.25, -0.2) is 12.7 Å². The molecule has 0 bridgehead atoms. The van der Waals surface area contributed by atoms with Crippen LogP contribution in [0.3, 0.4) is 0 Å². The number of nitrogens with zero attached hydrogens (tertiary/aromatic N) is 2. The van der Waals surface area contributed by atoms with Crippen molar-refractivity contribution in [3.63, 3.8) is 0 Å². The van der Waals surface area contributed by atoms with E-state index in [-0.39, 0.29) is 12.0 Å². The van der Waals surface area contributed by atoms with Gasteiger partial charge in [-0.05, 0) is 56.2 Å². The van der Waals surface area contributed by atoms with Gasteiger partial charge in [0.05, 0.1) is 11.0 Å². The standard InChI is InChI=1S/C20H30N2O4S/c1-21(14-12-18-5-2-3-16-26-18)27(24,25)19-9-7-17(8-10-19)11-15-22-13-4-6-20(22)23/h7-10,18H,2-6,11-16H2,1H3. The Labute approximate surface area is 162 Å². The molecule has 0 spiro atoms. The second-order valence-electron chi connectivity index (χ2n) is 7.48. The van der Waals surface area contributed by atoms with Crippen molar-refractivity contribution >= 4 is 15.9 Å². The Balaban J connectivity index is 1.53. The van der Waals surface area contributed by atoms with Crippen LogP contribution in [0.25, 0.3) is 0 Å². The van der Waals surface area contributed by atoms with Crippen molar-refractivity contribution in [2.45, 2.75) is 55.9 Å². The van der Waals surface area contributed by atoms with Crippen LogP contribution in [-0.4, -0.2) is 62.9 Å². The first kappa shape index (κ1) is 20.3. The van der Waals surface area contributed by atoms with E-state index < -0.39 is 10.0 Å². The van der Waals surface area contributed by atoms with Crippen molar-refractivity contribution in [3.05, 3.63) is 29.8 Å². The number of hydrogen-bond donors (Lipinski definition) is 0. The van der Waals surface area contributed by atoms with Gasteiger partial charge in [0.25, 0.3) is 0 Å². The Bertz CT molecular complexity index is 727. The van der Waals surface area contributed by atoms with Crippen molar-refractivity contribution in [2.75, 3.05) is 33.3 Å². The SMILES string of the molecule is CN(CCC1CCCCO1)S(=O)(=O)c1ccc(CCN2CCCC2=O)cc1. The van der Waals surface area contributed by atoms with Crippen LogP contribution in [0.5, 0.6) is 0 Å².